The molecule has 140 valence electrons. The van der Waals surface area contributed by atoms with Crippen molar-refractivity contribution in [3.05, 3.63) is 41.3 Å². The van der Waals surface area contributed by atoms with Gasteiger partial charge in [-0.2, -0.15) is 4.98 Å². The molecule has 0 saturated heterocycles. The predicted octanol–water partition coefficient (Wildman–Crippen LogP) is 1.83. The van der Waals surface area contributed by atoms with Gasteiger partial charge in [-0.1, -0.05) is 24.4 Å². The molecule has 0 atom stereocenters. The molecule has 0 aliphatic heterocycles. The van der Waals surface area contributed by atoms with E-state index in [-0.39, 0.29) is 23.2 Å². The number of primary sulfonamides is 1. The molecule has 0 bridgehead atoms. The van der Waals surface area contributed by atoms with E-state index in [2.05, 4.69) is 15.5 Å². The molecule has 1 aromatic heterocycles. The van der Waals surface area contributed by atoms with E-state index in [9.17, 15) is 17.6 Å². The highest BCUT2D eigenvalue weighted by atomic mass is 32.2. The maximum atomic E-state index is 13.8. The minimum absolute atomic E-state index is 0.0857. The van der Waals surface area contributed by atoms with Crippen molar-refractivity contribution in [3.63, 3.8) is 0 Å². The number of nitrogens with one attached hydrogen (secondary N) is 1. The Morgan fingerprint density at radius 3 is 2.73 bits per heavy atom. The van der Waals surface area contributed by atoms with Crippen LogP contribution in [0, 0.1) is 5.82 Å². The number of carbonyl (C=O) groups excluding carboxylic acids is 1. The summed E-state index contributed by atoms with van der Waals surface area (Å²) in [6, 6.07) is 2.76. The molecular formula is C16H19FN4O4S. The van der Waals surface area contributed by atoms with Gasteiger partial charge in [0.25, 0.3) is 5.91 Å². The number of nitrogens with zero attached hydrogens (tertiary/aromatic N) is 2. The minimum Gasteiger partial charge on any atom is -0.343 e. The molecule has 0 radical (unpaired) electrons. The third-order valence-electron chi connectivity index (χ3n) is 4.37. The Bertz CT molecular complexity index is 907. The third kappa shape index (κ3) is 4.25. The van der Waals surface area contributed by atoms with Crippen molar-refractivity contribution in [3.8, 4) is 0 Å². The second kappa shape index (κ2) is 7.50. The van der Waals surface area contributed by atoms with E-state index in [4.69, 9.17) is 9.66 Å². The van der Waals surface area contributed by atoms with Crippen molar-refractivity contribution in [1.82, 2.24) is 15.5 Å². The van der Waals surface area contributed by atoms with Gasteiger partial charge >= 0.3 is 0 Å². The lowest BCUT2D eigenvalue weighted by Gasteiger charge is -2.17. The molecule has 1 aliphatic rings. The fraction of sp³-hybridized carbons (Fsp3) is 0.438. The maximum absolute atomic E-state index is 13.8. The molecular weight excluding hydrogens is 363 g/mol. The van der Waals surface area contributed by atoms with Gasteiger partial charge in [0.1, 0.15) is 5.82 Å². The van der Waals surface area contributed by atoms with Crippen LogP contribution >= 0.6 is 0 Å². The molecule has 1 fully saturated rings. The lowest BCUT2D eigenvalue weighted by atomic mass is 9.89. The van der Waals surface area contributed by atoms with Crippen molar-refractivity contribution >= 4 is 15.9 Å². The van der Waals surface area contributed by atoms with Gasteiger partial charge in [-0.25, -0.2) is 17.9 Å². The molecule has 0 spiro atoms. The maximum Gasteiger partial charge on any atom is 0.254 e. The predicted molar refractivity (Wildman–Crippen MR) is 89.1 cm³/mol. The lowest BCUT2D eigenvalue weighted by Crippen LogP contribution is -2.25. The number of halogens is 1. The summed E-state index contributed by atoms with van der Waals surface area (Å²) in [5, 5.41) is 11.4. The number of rotatable bonds is 5. The van der Waals surface area contributed by atoms with E-state index < -0.39 is 27.3 Å². The number of sulfonamides is 1. The first-order valence-electron chi connectivity index (χ1n) is 8.27. The van der Waals surface area contributed by atoms with E-state index in [1.807, 2.05) is 0 Å². The lowest BCUT2D eigenvalue weighted by molar-refractivity contribution is 0.0942. The number of hydrogen-bond donors (Lipinski definition) is 2. The first kappa shape index (κ1) is 18.5. The second-order valence-electron chi connectivity index (χ2n) is 6.25. The number of benzene rings is 1. The van der Waals surface area contributed by atoms with Crippen molar-refractivity contribution in [1.29, 1.82) is 0 Å². The van der Waals surface area contributed by atoms with Gasteiger partial charge in [0, 0.05) is 5.92 Å². The van der Waals surface area contributed by atoms with Crippen LogP contribution in [0.25, 0.3) is 0 Å². The largest absolute Gasteiger partial charge is 0.343 e. The SMILES string of the molecule is NS(=O)(=O)c1ccc(F)c(C(=O)NCc2nc(C3CCCCC3)no2)c1. The summed E-state index contributed by atoms with van der Waals surface area (Å²) in [5.41, 5.74) is -0.427. The molecule has 3 rings (SSSR count). The van der Waals surface area contributed by atoms with E-state index in [0.717, 1.165) is 43.9 Å². The van der Waals surface area contributed by atoms with Gasteiger partial charge in [0.05, 0.1) is 17.0 Å². The first-order valence-corrected chi connectivity index (χ1v) is 9.82. The monoisotopic (exact) mass is 382 g/mol. The smallest absolute Gasteiger partial charge is 0.254 e. The molecule has 2 aromatic rings. The normalized spacial score (nSPS) is 15.8. The van der Waals surface area contributed by atoms with E-state index in [0.29, 0.717) is 5.82 Å². The van der Waals surface area contributed by atoms with Gasteiger partial charge in [0.15, 0.2) is 5.82 Å². The van der Waals surface area contributed by atoms with E-state index in [1.54, 1.807) is 0 Å². The van der Waals surface area contributed by atoms with Crippen LogP contribution in [-0.4, -0.2) is 24.5 Å². The Morgan fingerprint density at radius 2 is 2.04 bits per heavy atom. The topological polar surface area (TPSA) is 128 Å². The summed E-state index contributed by atoms with van der Waals surface area (Å²) in [7, 11) is -4.04. The highest BCUT2D eigenvalue weighted by Gasteiger charge is 2.22. The van der Waals surface area contributed by atoms with Gasteiger partial charge in [-0.05, 0) is 31.0 Å². The Labute approximate surface area is 150 Å². The zero-order chi connectivity index (χ0) is 18.7. The molecule has 8 nitrogen and oxygen atoms in total. The van der Waals surface area contributed by atoms with Crippen LogP contribution in [0.1, 0.15) is 60.1 Å². The van der Waals surface area contributed by atoms with E-state index in [1.165, 1.54) is 6.42 Å². The first-order chi connectivity index (χ1) is 12.3. The average Bonchev–Trinajstić information content (AvgIpc) is 3.09. The van der Waals surface area contributed by atoms with E-state index >= 15 is 0 Å². The number of aromatic nitrogens is 2. The fourth-order valence-electron chi connectivity index (χ4n) is 2.97. The number of nitrogens with two attached hydrogens (primary N) is 1. The molecule has 1 aliphatic carbocycles. The zero-order valence-corrected chi connectivity index (χ0v) is 14.8. The molecule has 1 aromatic carbocycles. The van der Waals surface area contributed by atoms with Crippen LogP contribution in [0.2, 0.25) is 0 Å². The highest BCUT2D eigenvalue weighted by molar-refractivity contribution is 7.89. The molecule has 1 heterocycles. The quantitative estimate of drug-likeness (QED) is 0.812. The summed E-state index contributed by atoms with van der Waals surface area (Å²) in [6.45, 7) is -0.0857. The molecule has 0 unspecified atom stereocenters. The second-order valence-corrected chi connectivity index (χ2v) is 7.81. The summed E-state index contributed by atoms with van der Waals surface area (Å²) >= 11 is 0. The van der Waals surface area contributed by atoms with Crippen molar-refractivity contribution < 1.29 is 22.1 Å². The number of amides is 1. The van der Waals surface area contributed by atoms with Crippen molar-refractivity contribution in [2.75, 3.05) is 0 Å². The minimum atomic E-state index is -4.04. The van der Waals surface area contributed by atoms with Crippen LogP contribution in [-0.2, 0) is 16.6 Å². The summed E-state index contributed by atoms with van der Waals surface area (Å²) in [5.74, 6) is -0.562. The standard InChI is InChI=1S/C16H19FN4O4S/c17-13-7-6-11(26(18,23)24)8-12(13)16(22)19-9-14-20-15(21-25-14)10-4-2-1-3-5-10/h6-8,10H,1-5,9H2,(H,19,22)(H2,18,23,24). The Balaban J connectivity index is 1.67. The summed E-state index contributed by atoms with van der Waals surface area (Å²) in [4.78, 5) is 16.1. The van der Waals surface area contributed by atoms with Crippen LogP contribution in [0.5, 0.6) is 0 Å². The molecule has 26 heavy (non-hydrogen) atoms. The molecule has 3 N–H and O–H groups in total. The van der Waals surface area contributed by atoms with Gasteiger partial charge < -0.3 is 9.84 Å². The highest BCUT2D eigenvalue weighted by Crippen LogP contribution is 2.30. The Morgan fingerprint density at radius 1 is 1.31 bits per heavy atom. The summed E-state index contributed by atoms with van der Waals surface area (Å²) in [6.07, 6.45) is 5.49. The van der Waals surface area contributed by atoms with Gasteiger partial charge in [-0.15, -0.1) is 0 Å². The molecule has 10 heteroatoms. The average molecular weight is 382 g/mol. The summed E-state index contributed by atoms with van der Waals surface area (Å²) < 4.78 is 41.6. The van der Waals surface area contributed by atoms with Crippen LogP contribution in [0.4, 0.5) is 4.39 Å². The molecule has 1 saturated carbocycles. The third-order valence-corrected chi connectivity index (χ3v) is 5.28. The number of hydrogen-bond acceptors (Lipinski definition) is 6. The van der Waals surface area contributed by atoms with Gasteiger partial charge in [0.2, 0.25) is 15.9 Å². The zero-order valence-electron chi connectivity index (χ0n) is 13.9. The fourth-order valence-corrected chi connectivity index (χ4v) is 3.51. The van der Waals surface area contributed by atoms with Crippen LogP contribution in [0.15, 0.2) is 27.6 Å². The molecule has 1 amide bonds. The van der Waals surface area contributed by atoms with Crippen molar-refractivity contribution in [2.24, 2.45) is 5.14 Å². The Kier molecular flexibility index (Phi) is 5.33. The van der Waals surface area contributed by atoms with Crippen LogP contribution in [0.3, 0.4) is 0 Å². The van der Waals surface area contributed by atoms with Crippen molar-refractivity contribution in [2.45, 2.75) is 49.5 Å². The van der Waals surface area contributed by atoms with Crippen LogP contribution < -0.4 is 10.5 Å². The number of carbonyl (C=O) groups is 1. The Hall–Kier alpha value is -2.33. The van der Waals surface area contributed by atoms with Gasteiger partial charge in [-0.3, -0.25) is 4.79 Å².